The number of nitrogens with zero attached hydrogens (tertiary/aromatic N) is 5. The van der Waals surface area contributed by atoms with Gasteiger partial charge in [0.05, 0.1) is 0 Å². The summed E-state index contributed by atoms with van der Waals surface area (Å²) in [6, 6.07) is 11.8. The highest BCUT2D eigenvalue weighted by Gasteiger charge is 2.15. The van der Waals surface area contributed by atoms with Crippen LogP contribution in [0.5, 0.6) is 0 Å². The first-order valence-corrected chi connectivity index (χ1v) is 8.72. The summed E-state index contributed by atoms with van der Waals surface area (Å²) in [6.45, 7) is 2.03. The molecule has 4 rings (SSSR count). The maximum absolute atomic E-state index is 12.2. The van der Waals surface area contributed by atoms with E-state index in [1.165, 1.54) is 0 Å². The summed E-state index contributed by atoms with van der Waals surface area (Å²) < 4.78 is 6.37. The maximum Gasteiger partial charge on any atom is 0.275 e. The van der Waals surface area contributed by atoms with Crippen molar-refractivity contribution in [1.29, 1.82) is 0 Å². The minimum absolute atomic E-state index is 0.195. The average molecular weight is 374 g/mol. The highest BCUT2D eigenvalue weighted by molar-refractivity contribution is 5.93. The summed E-state index contributed by atoms with van der Waals surface area (Å²) in [5, 5.41) is 14.7. The molecule has 0 radical (unpaired) electrons. The zero-order chi connectivity index (χ0) is 19.5. The first-order valence-electron chi connectivity index (χ1n) is 8.72. The van der Waals surface area contributed by atoms with Crippen LogP contribution in [0, 0.1) is 6.92 Å². The number of benzene rings is 1. The number of carbonyl (C=O) groups excluding carboxylic acids is 1. The van der Waals surface area contributed by atoms with Gasteiger partial charge in [0.25, 0.3) is 5.91 Å². The van der Waals surface area contributed by atoms with Crippen LogP contribution >= 0.6 is 0 Å². The number of amides is 1. The highest BCUT2D eigenvalue weighted by Crippen LogP contribution is 2.30. The van der Waals surface area contributed by atoms with E-state index in [2.05, 4.69) is 30.3 Å². The lowest BCUT2D eigenvalue weighted by Crippen LogP contribution is -2.23. The number of carbonyl (C=O) groups is 1. The molecule has 3 heterocycles. The van der Waals surface area contributed by atoms with E-state index in [1.54, 1.807) is 24.0 Å². The third-order valence-electron chi connectivity index (χ3n) is 4.34. The summed E-state index contributed by atoms with van der Waals surface area (Å²) in [6.07, 6.45) is 5.51. The van der Waals surface area contributed by atoms with Crippen LogP contribution in [0.2, 0.25) is 0 Å². The van der Waals surface area contributed by atoms with Crippen LogP contribution in [-0.2, 0) is 13.6 Å². The Morgan fingerprint density at radius 2 is 1.96 bits per heavy atom. The Labute approximate surface area is 161 Å². The summed E-state index contributed by atoms with van der Waals surface area (Å²) in [4.78, 5) is 16.3. The molecule has 1 N–H and O–H groups in total. The fourth-order valence-corrected chi connectivity index (χ4v) is 2.98. The fraction of sp³-hybridized carbons (Fsp3) is 0.150. The predicted molar refractivity (Wildman–Crippen MR) is 102 cm³/mol. The van der Waals surface area contributed by atoms with Crippen LogP contribution in [-0.4, -0.2) is 31.0 Å². The molecular weight excluding hydrogens is 356 g/mol. The van der Waals surface area contributed by atoms with Crippen molar-refractivity contribution in [3.05, 3.63) is 71.9 Å². The zero-order valence-corrected chi connectivity index (χ0v) is 15.5. The quantitative estimate of drug-likeness (QED) is 0.577. The summed E-state index contributed by atoms with van der Waals surface area (Å²) >= 11 is 0. The third kappa shape index (κ3) is 3.52. The molecule has 0 fully saturated rings. The van der Waals surface area contributed by atoms with Gasteiger partial charge >= 0.3 is 0 Å². The Bertz CT molecular complexity index is 1120. The topological polar surface area (TPSA) is 98.7 Å². The van der Waals surface area contributed by atoms with Gasteiger partial charge < -0.3 is 5.32 Å². The molecule has 0 aliphatic carbocycles. The van der Waals surface area contributed by atoms with Crippen molar-refractivity contribution in [2.24, 2.45) is 7.05 Å². The van der Waals surface area contributed by atoms with Crippen molar-refractivity contribution in [2.45, 2.75) is 13.5 Å². The molecule has 1 amide bonds. The molecule has 0 spiro atoms. The molecule has 0 saturated heterocycles. The Kier molecular flexibility index (Phi) is 4.67. The van der Waals surface area contributed by atoms with Gasteiger partial charge in [-0.15, -0.1) is 0 Å². The minimum atomic E-state index is -0.320. The molecule has 0 saturated carbocycles. The van der Waals surface area contributed by atoms with Crippen molar-refractivity contribution in [3.63, 3.8) is 0 Å². The molecule has 0 unspecified atom stereocenters. The highest BCUT2D eigenvalue weighted by atomic mass is 16.6. The third-order valence-corrected chi connectivity index (χ3v) is 4.34. The Morgan fingerprint density at radius 1 is 1.14 bits per heavy atom. The van der Waals surface area contributed by atoms with Crippen molar-refractivity contribution in [2.75, 3.05) is 0 Å². The first kappa shape index (κ1) is 17.6. The van der Waals surface area contributed by atoms with E-state index in [1.807, 2.05) is 49.6 Å². The Morgan fingerprint density at radius 3 is 2.71 bits per heavy atom. The van der Waals surface area contributed by atoms with Gasteiger partial charge in [0, 0.05) is 43.3 Å². The van der Waals surface area contributed by atoms with Gasteiger partial charge in [0.15, 0.2) is 5.69 Å². The van der Waals surface area contributed by atoms with Gasteiger partial charge in [-0.1, -0.05) is 23.4 Å². The van der Waals surface area contributed by atoms with Gasteiger partial charge in [0.2, 0.25) is 0 Å². The van der Waals surface area contributed by atoms with Crippen LogP contribution in [0.1, 0.15) is 21.7 Å². The Hall–Kier alpha value is -3.81. The van der Waals surface area contributed by atoms with Crippen LogP contribution in [0.3, 0.4) is 0 Å². The van der Waals surface area contributed by atoms with Crippen molar-refractivity contribution >= 4 is 5.91 Å². The minimum Gasteiger partial charge on any atom is -0.346 e. The monoisotopic (exact) mass is 374 g/mol. The molecule has 0 atom stereocenters. The Balaban J connectivity index is 1.58. The smallest absolute Gasteiger partial charge is 0.275 e. The van der Waals surface area contributed by atoms with Gasteiger partial charge in [-0.2, -0.15) is 5.10 Å². The number of hydrogen-bond donors (Lipinski definition) is 1. The number of hydrogen-bond acceptors (Lipinski definition) is 6. The molecule has 4 aromatic rings. The summed E-state index contributed by atoms with van der Waals surface area (Å²) in [5.74, 6) is -0.320. The lowest BCUT2D eigenvalue weighted by atomic mass is 10.0. The molecule has 0 aliphatic heterocycles. The van der Waals surface area contributed by atoms with Gasteiger partial charge in [-0.3, -0.25) is 14.5 Å². The molecular formula is C20H18N6O2. The van der Waals surface area contributed by atoms with Gasteiger partial charge in [-0.25, -0.2) is 4.63 Å². The van der Waals surface area contributed by atoms with Crippen LogP contribution in [0.4, 0.5) is 0 Å². The van der Waals surface area contributed by atoms with Crippen LogP contribution in [0.25, 0.3) is 22.4 Å². The average Bonchev–Trinajstić information content (AvgIpc) is 3.32. The van der Waals surface area contributed by atoms with E-state index < -0.39 is 0 Å². The lowest BCUT2D eigenvalue weighted by molar-refractivity contribution is 0.0940. The van der Waals surface area contributed by atoms with Crippen LogP contribution < -0.4 is 5.32 Å². The summed E-state index contributed by atoms with van der Waals surface area (Å²) in [7, 11) is 1.90. The van der Waals surface area contributed by atoms with Gasteiger partial charge in [-0.05, 0) is 41.4 Å². The van der Waals surface area contributed by atoms with E-state index >= 15 is 0 Å². The zero-order valence-electron chi connectivity index (χ0n) is 15.5. The lowest BCUT2D eigenvalue weighted by Gasteiger charge is -2.07. The summed E-state index contributed by atoms with van der Waals surface area (Å²) in [5.41, 5.74) is 5.52. The number of aromatic nitrogens is 5. The molecule has 140 valence electrons. The second-order valence-corrected chi connectivity index (χ2v) is 6.38. The molecule has 1 aromatic carbocycles. The van der Waals surface area contributed by atoms with Crippen molar-refractivity contribution in [3.8, 4) is 22.4 Å². The molecule has 0 bridgehead atoms. The fourth-order valence-electron chi connectivity index (χ4n) is 2.98. The molecule has 8 nitrogen and oxygen atoms in total. The number of nitrogens with one attached hydrogen (secondary N) is 1. The number of aryl methyl sites for hydroxylation is 2. The maximum atomic E-state index is 12.2. The predicted octanol–water partition coefficient (Wildman–Crippen LogP) is 2.77. The van der Waals surface area contributed by atoms with Gasteiger partial charge in [0.1, 0.15) is 11.4 Å². The van der Waals surface area contributed by atoms with Crippen molar-refractivity contribution in [1.82, 2.24) is 30.4 Å². The van der Waals surface area contributed by atoms with E-state index in [4.69, 9.17) is 0 Å². The molecule has 28 heavy (non-hydrogen) atoms. The second kappa shape index (κ2) is 7.43. The molecule has 0 aliphatic rings. The van der Waals surface area contributed by atoms with E-state index in [-0.39, 0.29) is 11.6 Å². The van der Waals surface area contributed by atoms with E-state index in [9.17, 15) is 4.79 Å². The number of rotatable bonds is 5. The van der Waals surface area contributed by atoms with Crippen molar-refractivity contribution < 1.29 is 9.42 Å². The number of pyridine rings is 1. The van der Waals surface area contributed by atoms with Crippen LogP contribution in [0.15, 0.2) is 59.6 Å². The van der Waals surface area contributed by atoms with E-state index in [0.717, 1.165) is 27.9 Å². The second-order valence-electron chi connectivity index (χ2n) is 6.38. The normalized spacial score (nSPS) is 10.8. The first-order chi connectivity index (χ1) is 13.6. The largest absolute Gasteiger partial charge is 0.346 e. The SMILES string of the molecule is Cc1nonc1C(=O)NCc1cccc(-c2nn(C)cc2-c2ccncc2)c1. The standard InChI is InChI=1S/C20H18N6O2/c1-13-18(25-28-24-13)20(27)22-11-14-4-3-5-16(10-14)19-17(12-26(2)23-19)15-6-8-21-9-7-15/h3-10,12H,11H2,1-2H3,(H,22,27). The molecule has 8 heteroatoms. The molecule has 3 aromatic heterocycles. The van der Waals surface area contributed by atoms with E-state index in [0.29, 0.717) is 12.2 Å².